The molecule has 0 saturated heterocycles. The van der Waals surface area contributed by atoms with E-state index in [0.29, 0.717) is 6.54 Å². The van der Waals surface area contributed by atoms with Crippen LogP contribution in [0.25, 0.3) is 0 Å². The smallest absolute Gasteiger partial charge is 0.160 e. The van der Waals surface area contributed by atoms with E-state index in [4.69, 9.17) is 5.73 Å². The van der Waals surface area contributed by atoms with Gasteiger partial charge in [0.25, 0.3) is 0 Å². The summed E-state index contributed by atoms with van der Waals surface area (Å²) in [6.07, 6.45) is 0. The van der Waals surface area contributed by atoms with Gasteiger partial charge in [-0.05, 0) is 7.05 Å². The summed E-state index contributed by atoms with van der Waals surface area (Å²) in [6, 6.07) is 0. The van der Waals surface area contributed by atoms with Gasteiger partial charge in [-0.25, -0.2) is 0 Å². The predicted octanol–water partition coefficient (Wildman–Crippen LogP) is -0.630. The molecule has 8 heavy (non-hydrogen) atoms. The number of nitrogens with one attached hydrogen (secondary N) is 1. The van der Waals surface area contributed by atoms with Crippen LogP contribution in [0.1, 0.15) is 7.43 Å². The van der Waals surface area contributed by atoms with E-state index in [2.05, 4.69) is 5.32 Å². The quantitative estimate of drug-likeness (QED) is 0.518. The van der Waals surface area contributed by atoms with E-state index in [-0.39, 0.29) is 19.8 Å². The molecule has 0 aromatic heterocycles. The summed E-state index contributed by atoms with van der Waals surface area (Å²) in [5, 5.41) is 2.69. The number of ketones is 1. The Bertz CT molecular complexity index is 63.4. The second-order valence-electron chi connectivity index (χ2n) is 1.27. The molecule has 0 aromatic carbocycles. The maximum absolute atomic E-state index is 10.2. The zero-order chi connectivity index (χ0) is 5.70. The van der Waals surface area contributed by atoms with Crippen molar-refractivity contribution in [1.82, 2.24) is 5.32 Å². The van der Waals surface area contributed by atoms with Gasteiger partial charge >= 0.3 is 0 Å². The highest BCUT2D eigenvalue weighted by atomic mass is 16.1. The van der Waals surface area contributed by atoms with E-state index in [1.807, 2.05) is 0 Å². The molecule has 0 aliphatic carbocycles. The van der Waals surface area contributed by atoms with Crippen molar-refractivity contribution in [2.75, 3.05) is 20.1 Å². The second kappa shape index (κ2) is 6.59. The number of carbonyl (C=O) groups excluding carboxylic acids is 1. The summed E-state index contributed by atoms with van der Waals surface area (Å²) in [6.45, 7) is 0.525. The average Bonchev–Trinajstić information content (AvgIpc) is 1.68. The Labute approximate surface area is 50.3 Å². The van der Waals surface area contributed by atoms with Crippen LogP contribution in [0.4, 0.5) is 0 Å². The van der Waals surface area contributed by atoms with Gasteiger partial charge in [0.2, 0.25) is 0 Å². The summed E-state index contributed by atoms with van der Waals surface area (Å²) in [7, 11) is 1.72. The number of hydrogen-bond acceptors (Lipinski definition) is 3. The average molecular weight is 118 g/mol. The van der Waals surface area contributed by atoms with E-state index in [9.17, 15) is 4.79 Å². The molecule has 0 atom stereocenters. The Hall–Kier alpha value is -0.410. The first-order valence-corrected chi connectivity index (χ1v) is 2.17. The monoisotopic (exact) mass is 118 g/mol. The van der Waals surface area contributed by atoms with Gasteiger partial charge in [0.15, 0.2) is 5.78 Å². The van der Waals surface area contributed by atoms with Crippen LogP contribution in [-0.4, -0.2) is 25.9 Å². The lowest BCUT2D eigenvalue weighted by Gasteiger charge is -1.90. The predicted molar refractivity (Wildman–Crippen MR) is 34.7 cm³/mol. The van der Waals surface area contributed by atoms with Gasteiger partial charge in [-0.1, -0.05) is 7.43 Å². The van der Waals surface area contributed by atoms with Crippen LogP contribution in [0.15, 0.2) is 0 Å². The topological polar surface area (TPSA) is 55.1 Å². The summed E-state index contributed by atoms with van der Waals surface area (Å²) < 4.78 is 0. The summed E-state index contributed by atoms with van der Waals surface area (Å²) in [4.78, 5) is 10.2. The molecule has 3 N–H and O–H groups in total. The van der Waals surface area contributed by atoms with E-state index >= 15 is 0 Å². The van der Waals surface area contributed by atoms with Crippen molar-refractivity contribution in [3.05, 3.63) is 0 Å². The number of carbonyl (C=O) groups is 1. The summed E-state index contributed by atoms with van der Waals surface area (Å²) in [5.41, 5.74) is 4.97. The van der Waals surface area contributed by atoms with E-state index in [0.717, 1.165) is 0 Å². The zero-order valence-corrected chi connectivity index (χ0v) is 4.40. The molecule has 50 valence electrons. The second-order valence-corrected chi connectivity index (χ2v) is 1.27. The minimum atomic E-state index is 0. The number of Topliss-reactive ketones (excluding diaryl/α,β-unsaturated/α-hetero) is 1. The molecule has 0 spiro atoms. The molecule has 0 heterocycles. The van der Waals surface area contributed by atoms with Crippen molar-refractivity contribution < 1.29 is 4.79 Å². The first-order valence-electron chi connectivity index (χ1n) is 2.17. The fraction of sp³-hybridized carbons (Fsp3) is 0.800. The van der Waals surface area contributed by atoms with Crippen molar-refractivity contribution in [3.63, 3.8) is 0 Å². The highest BCUT2D eigenvalue weighted by molar-refractivity contribution is 5.82. The van der Waals surface area contributed by atoms with E-state index in [1.54, 1.807) is 7.05 Å². The molecule has 0 saturated carbocycles. The molecule has 0 radical (unpaired) electrons. The molecular weight excluding hydrogens is 104 g/mol. The lowest BCUT2D eigenvalue weighted by molar-refractivity contribution is -0.116. The van der Waals surface area contributed by atoms with Crippen LogP contribution in [0.3, 0.4) is 0 Å². The third-order valence-electron chi connectivity index (χ3n) is 0.602. The van der Waals surface area contributed by atoms with Gasteiger partial charge in [-0.3, -0.25) is 4.79 Å². The third kappa shape index (κ3) is 5.59. The SMILES string of the molecule is C.CNCC(=O)CN. The molecule has 0 fully saturated rings. The van der Waals surface area contributed by atoms with Gasteiger partial charge in [0.1, 0.15) is 0 Å². The first kappa shape index (κ1) is 10.5. The van der Waals surface area contributed by atoms with Crippen molar-refractivity contribution in [3.8, 4) is 0 Å². The van der Waals surface area contributed by atoms with Crippen molar-refractivity contribution in [2.24, 2.45) is 5.73 Å². The first-order chi connectivity index (χ1) is 3.31. The normalized spacial score (nSPS) is 7.75. The van der Waals surface area contributed by atoms with E-state index in [1.165, 1.54) is 0 Å². The van der Waals surface area contributed by atoms with Crippen LogP contribution in [0, 0.1) is 0 Å². The Morgan fingerprint density at radius 1 is 1.75 bits per heavy atom. The molecule has 0 bridgehead atoms. The van der Waals surface area contributed by atoms with Crippen LogP contribution < -0.4 is 11.1 Å². The highest BCUT2D eigenvalue weighted by Gasteiger charge is 1.90. The zero-order valence-electron chi connectivity index (χ0n) is 4.40. The number of hydrogen-bond donors (Lipinski definition) is 2. The molecule has 0 aliphatic heterocycles. The molecule has 0 aliphatic rings. The number of nitrogens with two attached hydrogens (primary N) is 1. The van der Waals surface area contributed by atoms with E-state index < -0.39 is 0 Å². The molecule has 3 nitrogen and oxygen atoms in total. The molecule has 0 amide bonds. The lowest BCUT2D eigenvalue weighted by Crippen LogP contribution is -2.25. The van der Waals surface area contributed by atoms with Crippen molar-refractivity contribution in [1.29, 1.82) is 0 Å². The van der Waals surface area contributed by atoms with Gasteiger partial charge in [-0.2, -0.15) is 0 Å². The van der Waals surface area contributed by atoms with Gasteiger partial charge in [0.05, 0.1) is 13.1 Å². The molecule has 0 aromatic rings. The van der Waals surface area contributed by atoms with Gasteiger partial charge in [-0.15, -0.1) is 0 Å². The van der Waals surface area contributed by atoms with Crippen LogP contribution in [0.2, 0.25) is 0 Å². The minimum absolute atomic E-state index is 0. The van der Waals surface area contributed by atoms with Crippen LogP contribution >= 0.6 is 0 Å². The number of rotatable bonds is 3. The Kier molecular flexibility index (Phi) is 8.69. The molecule has 3 heteroatoms. The third-order valence-corrected chi connectivity index (χ3v) is 0.602. The standard InChI is InChI=1S/C4H10N2O.CH4/c1-6-3-4(7)2-5;/h6H,2-3,5H2,1H3;1H4. The molecule has 0 unspecified atom stereocenters. The maximum Gasteiger partial charge on any atom is 0.160 e. The highest BCUT2D eigenvalue weighted by Crippen LogP contribution is 1.57. The summed E-state index contributed by atoms with van der Waals surface area (Å²) >= 11 is 0. The van der Waals surface area contributed by atoms with Crippen LogP contribution in [0.5, 0.6) is 0 Å². The van der Waals surface area contributed by atoms with Crippen LogP contribution in [-0.2, 0) is 4.79 Å². The van der Waals surface area contributed by atoms with Gasteiger partial charge < -0.3 is 11.1 Å². The molecule has 0 rings (SSSR count). The van der Waals surface area contributed by atoms with Crippen molar-refractivity contribution in [2.45, 2.75) is 7.43 Å². The maximum atomic E-state index is 10.2. The Morgan fingerprint density at radius 3 is 2.38 bits per heavy atom. The number of likely N-dealkylation sites (N-methyl/N-ethyl adjacent to an activating group) is 1. The van der Waals surface area contributed by atoms with Crippen molar-refractivity contribution >= 4 is 5.78 Å². The Balaban J connectivity index is 0. The lowest BCUT2D eigenvalue weighted by atomic mass is 10.4. The largest absolute Gasteiger partial charge is 0.324 e. The Morgan fingerprint density at radius 2 is 2.25 bits per heavy atom. The fourth-order valence-corrected chi connectivity index (χ4v) is 0.269. The fourth-order valence-electron chi connectivity index (χ4n) is 0.269. The summed E-state index contributed by atoms with van der Waals surface area (Å²) in [5.74, 6) is 0.0440. The minimum Gasteiger partial charge on any atom is -0.324 e. The van der Waals surface area contributed by atoms with Gasteiger partial charge in [0, 0.05) is 0 Å². The molecular formula is C5H14N2O.